The maximum Gasteiger partial charge on any atom is 0.416 e. The summed E-state index contributed by atoms with van der Waals surface area (Å²) in [7, 11) is 4.12. The Hall–Kier alpha value is -4.45. The largest absolute Gasteiger partial charge is 0.416 e. The number of aromatic nitrogens is 2. The number of hydrogen-bond donors (Lipinski definition) is 3. The van der Waals surface area contributed by atoms with Gasteiger partial charge in [0.1, 0.15) is 6.61 Å². The molecule has 1 aliphatic carbocycles. The second kappa shape index (κ2) is 17.5. The maximum atomic E-state index is 13.9. The predicted molar refractivity (Wildman–Crippen MR) is 180 cm³/mol. The van der Waals surface area contributed by atoms with E-state index in [9.17, 15) is 22.8 Å². The van der Waals surface area contributed by atoms with Crippen LogP contribution in [0.2, 0.25) is 0 Å². The molecule has 2 unspecified atom stereocenters. The summed E-state index contributed by atoms with van der Waals surface area (Å²) in [5.41, 5.74) is -0.732. The highest BCUT2D eigenvalue weighted by Crippen LogP contribution is 2.34. The molecule has 11 nitrogen and oxygen atoms in total. The minimum Gasteiger partial charge on any atom is -0.353 e. The molecule has 0 spiro atoms. The molecule has 0 radical (unpaired) electrons. The molecular formula is C36H44F3N6O5+. The van der Waals surface area contributed by atoms with Crippen LogP contribution in [-0.4, -0.2) is 62.3 Å². The Kier molecular flexibility index (Phi) is 12.9. The lowest BCUT2D eigenvalue weighted by atomic mass is 9.86. The molecule has 50 heavy (non-hydrogen) atoms. The molecule has 0 bridgehead atoms. The van der Waals surface area contributed by atoms with Gasteiger partial charge in [0.2, 0.25) is 11.2 Å². The summed E-state index contributed by atoms with van der Waals surface area (Å²) in [6, 6.07) is 11.0. The minimum absolute atomic E-state index is 0.0434. The quantitative estimate of drug-likeness (QED) is 0.153. The van der Waals surface area contributed by atoms with Crippen LogP contribution in [0.4, 0.5) is 35.2 Å². The van der Waals surface area contributed by atoms with Crippen LogP contribution >= 0.6 is 0 Å². The number of ether oxygens (including phenoxy) is 2. The number of amides is 3. The maximum absolute atomic E-state index is 13.9. The number of carbonyl (C=O) groups is 2. The number of urea groups is 1. The number of anilines is 3. The molecule has 2 aliphatic rings. The van der Waals surface area contributed by atoms with Crippen LogP contribution in [0.3, 0.4) is 0 Å². The topological polar surface area (TPSA) is 122 Å². The van der Waals surface area contributed by atoms with E-state index in [0.717, 1.165) is 63.6 Å². The lowest BCUT2D eigenvalue weighted by Gasteiger charge is -2.26. The molecule has 3 aromatic rings. The molecule has 1 saturated carbocycles. The molecule has 2 aromatic carbocycles. The molecule has 2 atom stereocenters. The summed E-state index contributed by atoms with van der Waals surface area (Å²) < 4.78 is 59.9. The summed E-state index contributed by atoms with van der Waals surface area (Å²) in [4.78, 5) is 28.6. The average molecular weight is 698 g/mol. The SMILES string of the molecule is CN(C)CC1CCC([n+]2cc(NC(=O)Nc3cc(NC(=O)C(CC#CCOC4CCCCO4)c4ccccc4)cc(C(F)(F)F)c3)on2)CC1. The predicted octanol–water partition coefficient (Wildman–Crippen LogP) is 6.58. The van der Waals surface area contributed by atoms with Crippen molar-refractivity contribution in [2.45, 2.75) is 75.8 Å². The van der Waals surface area contributed by atoms with Gasteiger partial charge in [-0.1, -0.05) is 42.2 Å². The van der Waals surface area contributed by atoms with Gasteiger partial charge in [-0.05, 0) is 80.6 Å². The zero-order chi connectivity index (χ0) is 35.5. The summed E-state index contributed by atoms with van der Waals surface area (Å²) in [6.45, 7) is 1.80. The molecule has 3 N–H and O–H groups in total. The number of carbonyl (C=O) groups excluding carboxylic acids is 2. The van der Waals surface area contributed by atoms with Gasteiger partial charge in [-0.25, -0.2) is 4.79 Å². The zero-order valence-corrected chi connectivity index (χ0v) is 28.3. The van der Waals surface area contributed by atoms with E-state index in [1.54, 1.807) is 41.2 Å². The van der Waals surface area contributed by atoms with Crippen LogP contribution in [-0.2, 0) is 20.4 Å². The third-order valence-corrected chi connectivity index (χ3v) is 8.75. The minimum atomic E-state index is -4.75. The Morgan fingerprint density at radius 3 is 2.42 bits per heavy atom. The number of hydrogen-bond acceptors (Lipinski definition) is 7. The van der Waals surface area contributed by atoms with E-state index in [4.69, 9.17) is 14.0 Å². The molecule has 2 fully saturated rings. The van der Waals surface area contributed by atoms with Gasteiger partial charge in [-0.2, -0.15) is 13.2 Å². The first-order valence-electron chi connectivity index (χ1n) is 16.9. The molecule has 14 heteroatoms. The molecular weight excluding hydrogens is 653 g/mol. The van der Waals surface area contributed by atoms with E-state index < -0.39 is 29.6 Å². The summed E-state index contributed by atoms with van der Waals surface area (Å²) in [6.07, 6.45) is 3.37. The third kappa shape index (κ3) is 11.0. The Morgan fingerprint density at radius 1 is 1.00 bits per heavy atom. The van der Waals surface area contributed by atoms with E-state index in [-0.39, 0.29) is 42.6 Å². The van der Waals surface area contributed by atoms with E-state index >= 15 is 0 Å². The van der Waals surface area contributed by atoms with E-state index in [2.05, 4.69) is 52.1 Å². The average Bonchev–Trinajstić information content (AvgIpc) is 3.55. The fourth-order valence-electron chi connectivity index (χ4n) is 6.28. The number of nitrogens with one attached hydrogen (secondary N) is 3. The van der Waals surface area contributed by atoms with E-state index in [0.29, 0.717) is 18.1 Å². The third-order valence-electron chi connectivity index (χ3n) is 8.75. The molecule has 5 rings (SSSR count). The smallest absolute Gasteiger partial charge is 0.353 e. The Morgan fingerprint density at radius 2 is 1.74 bits per heavy atom. The zero-order valence-electron chi connectivity index (χ0n) is 28.3. The highest BCUT2D eigenvalue weighted by Gasteiger charge is 2.33. The van der Waals surface area contributed by atoms with Gasteiger partial charge in [0.05, 0.1) is 11.5 Å². The fourth-order valence-corrected chi connectivity index (χ4v) is 6.28. The second-order valence-corrected chi connectivity index (χ2v) is 13.0. The monoisotopic (exact) mass is 697 g/mol. The summed E-state index contributed by atoms with van der Waals surface area (Å²) in [5.74, 6) is 5.19. The van der Waals surface area contributed by atoms with Crippen molar-refractivity contribution in [3.8, 4) is 11.8 Å². The molecule has 2 heterocycles. The van der Waals surface area contributed by atoms with Crippen molar-refractivity contribution in [1.82, 2.24) is 10.2 Å². The first kappa shape index (κ1) is 36.8. The van der Waals surface area contributed by atoms with Gasteiger partial charge in [-0.3, -0.25) is 14.6 Å². The number of halogens is 3. The number of benzene rings is 2. The van der Waals surface area contributed by atoms with E-state index in [1.807, 2.05) is 0 Å². The summed E-state index contributed by atoms with van der Waals surface area (Å²) in [5, 5.41) is 11.5. The molecule has 1 saturated heterocycles. The first-order chi connectivity index (χ1) is 24.0. The van der Waals surface area contributed by atoms with Crippen LogP contribution in [0, 0.1) is 17.8 Å². The second-order valence-electron chi connectivity index (χ2n) is 13.0. The van der Waals surface area contributed by atoms with Gasteiger partial charge in [-0.15, -0.1) is 0 Å². The van der Waals surface area contributed by atoms with Gasteiger partial charge in [0.25, 0.3) is 6.20 Å². The normalized spacial score (nSPS) is 20.0. The van der Waals surface area contributed by atoms with Crippen molar-refractivity contribution >= 4 is 29.2 Å². The Labute approximate surface area is 289 Å². The number of nitrogens with zero attached hydrogens (tertiary/aromatic N) is 3. The number of alkyl halides is 3. The Balaban J connectivity index is 1.23. The summed E-state index contributed by atoms with van der Waals surface area (Å²) >= 11 is 0. The van der Waals surface area contributed by atoms with Gasteiger partial charge in [0.15, 0.2) is 12.3 Å². The highest BCUT2D eigenvalue weighted by molar-refractivity contribution is 6.00. The highest BCUT2D eigenvalue weighted by atomic mass is 19.4. The van der Waals surface area contributed by atoms with Crippen LogP contribution in [0.5, 0.6) is 0 Å². The van der Waals surface area contributed by atoms with Crippen molar-refractivity contribution in [3.05, 3.63) is 65.9 Å². The molecule has 1 aliphatic heterocycles. The van der Waals surface area contributed by atoms with Crippen molar-refractivity contribution in [2.24, 2.45) is 5.92 Å². The lowest BCUT2D eigenvalue weighted by molar-refractivity contribution is -0.787. The van der Waals surface area contributed by atoms with E-state index in [1.165, 1.54) is 6.07 Å². The van der Waals surface area contributed by atoms with Gasteiger partial charge < -0.3 is 25.0 Å². The van der Waals surface area contributed by atoms with Crippen LogP contribution in [0.25, 0.3) is 0 Å². The van der Waals surface area contributed by atoms with Crippen LogP contribution in [0.1, 0.15) is 74.5 Å². The van der Waals surface area contributed by atoms with Crippen LogP contribution in [0.15, 0.2) is 59.3 Å². The molecule has 268 valence electrons. The first-order valence-corrected chi connectivity index (χ1v) is 16.9. The van der Waals surface area contributed by atoms with Gasteiger partial charge >= 0.3 is 18.1 Å². The standard InChI is InChI=1S/C36H43F3N6O5/c1-44(2)23-25-14-16-30(17-15-25)45-24-32(50-43-45)42-35(47)41-29-21-27(36(37,38)39)20-28(22-29)40-34(46)31(26-10-4-3-5-11-26)12-6-8-18-48-33-13-7-9-19-49-33/h3-5,10-11,20-22,24-25,30-31,33H,7,9,12-19,23H2,1-2H3,(H2-,40,41,42,43,46,47)/p+1. The van der Waals surface area contributed by atoms with Crippen molar-refractivity contribution in [3.63, 3.8) is 0 Å². The molecule has 1 aromatic heterocycles. The fraction of sp³-hybridized carbons (Fsp3) is 0.500. The van der Waals surface area contributed by atoms with Crippen molar-refractivity contribution < 1.29 is 41.4 Å². The number of rotatable bonds is 11. The van der Waals surface area contributed by atoms with Crippen LogP contribution < -0.4 is 20.6 Å². The van der Waals surface area contributed by atoms with Crippen molar-refractivity contribution in [2.75, 3.05) is 49.8 Å². The van der Waals surface area contributed by atoms with Crippen molar-refractivity contribution in [1.29, 1.82) is 0 Å². The van der Waals surface area contributed by atoms with Gasteiger partial charge in [0, 0.05) is 43.8 Å². The molecule has 3 amide bonds. The lowest BCUT2D eigenvalue weighted by Crippen LogP contribution is -2.43. The Bertz CT molecular complexity index is 1620.